The van der Waals surface area contributed by atoms with Gasteiger partial charge in [-0.2, -0.15) is 0 Å². The Bertz CT molecular complexity index is 162. The lowest BCUT2D eigenvalue weighted by atomic mass is 9.86. The highest BCUT2D eigenvalue weighted by Gasteiger charge is 2.13. The highest BCUT2D eigenvalue weighted by molar-refractivity contribution is 4.70. The van der Waals surface area contributed by atoms with Crippen LogP contribution in [0.3, 0.4) is 0 Å². The molecule has 0 aromatic rings. The molecule has 1 saturated carbocycles. The van der Waals surface area contributed by atoms with Crippen LogP contribution in [0.15, 0.2) is 0 Å². The minimum atomic E-state index is 0.315. The van der Waals surface area contributed by atoms with E-state index in [1.807, 2.05) is 0 Å². The molecule has 0 amide bonds. The number of rotatable bonds is 7. The minimum absolute atomic E-state index is 0.315. The van der Waals surface area contributed by atoms with Crippen molar-refractivity contribution < 1.29 is 4.74 Å². The molecule has 0 spiro atoms. The second-order valence-electron chi connectivity index (χ2n) is 5.33. The molecule has 1 fully saturated rings. The van der Waals surface area contributed by atoms with Gasteiger partial charge in [-0.1, -0.05) is 32.1 Å². The molecule has 2 unspecified atom stereocenters. The van der Waals surface area contributed by atoms with E-state index in [0.717, 1.165) is 12.5 Å². The lowest BCUT2D eigenvalue weighted by molar-refractivity contribution is 0.0885. The summed E-state index contributed by atoms with van der Waals surface area (Å²) in [6.07, 6.45) is 10.4. The first kappa shape index (κ1) is 14.0. The maximum absolute atomic E-state index is 5.30. The maximum atomic E-state index is 5.30. The van der Waals surface area contributed by atoms with Gasteiger partial charge >= 0.3 is 0 Å². The standard InChI is InChI=1S/C14H29NO/c1-12(13(2)16-3)15-11-7-10-14-8-5-4-6-9-14/h12-15H,4-11H2,1-3H3. The average Bonchev–Trinajstić information content (AvgIpc) is 2.34. The number of ether oxygens (including phenoxy) is 1. The van der Waals surface area contributed by atoms with E-state index < -0.39 is 0 Å². The molecule has 2 nitrogen and oxygen atoms in total. The molecule has 1 N–H and O–H groups in total. The second kappa shape index (κ2) is 8.08. The van der Waals surface area contributed by atoms with Crippen molar-refractivity contribution in [1.29, 1.82) is 0 Å². The zero-order chi connectivity index (χ0) is 11.8. The highest BCUT2D eigenvalue weighted by Crippen LogP contribution is 2.26. The molecule has 16 heavy (non-hydrogen) atoms. The molecule has 2 atom stereocenters. The summed E-state index contributed by atoms with van der Waals surface area (Å²) in [4.78, 5) is 0. The predicted molar refractivity (Wildman–Crippen MR) is 69.7 cm³/mol. The average molecular weight is 227 g/mol. The van der Waals surface area contributed by atoms with Crippen molar-refractivity contribution in [1.82, 2.24) is 5.32 Å². The zero-order valence-electron chi connectivity index (χ0n) is 11.3. The lowest BCUT2D eigenvalue weighted by Crippen LogP contribution is -2.37. The van der Waals surface area contributed by atoms with E-state index in [4.69, 9.17) is 4.74 Å². The minimum Gasteiger partial charge on any atom is -0.380 e. The summed E-state index contributed by atoms with van der Waals surface area (Å²) in [6, 6.07) is 0.469. The summed E-state index contributed by atoms with van der Waals surface area (Å²) in [5.41, 5.74) is 0. The van der Waals surface area contributed by atoms with E-state index in [-0.39, 0.29) is 0 Å². The van der Waals surface area contributed by atoms with Crippen molar-refractivity contribution in [3.05, 3.63) is 0 Å². The molecule has 96 valence electrons. The summed E-state index contributed by atoms with van der Waals surface area (Å²) < 4.78 is 5.30. The van der Waals surface area contributed by atoms with E-state index in [0.29, 0.717) is 12.1 Å². The highest BCUT2D eigenvalue weighted by atomic mass is 16.5. The molecule has 0 aromatic carbocycles. The molecule has 0 saturated heterocycles. The lowest BCUT2D eigenvalue weighted by Gasteiger charge is -2.23. The van der Waals surface area contributed by atoms with Gasteiger partial charge in [0.1, 0.15) is 0 Å². The fraction of sp³-hybridized carbons (Fsp3) is 1.00. The Balaban J connectivity index is 1.98. The molecular weight excluding hydrogens is 198 g/mol. The molecule has 0 radical (unpaired) electrons. The molecule has 1 rings (SSSR count). The second-order valence-corrected chi connectivity index (χ2v) is 5.33. The Morgan fingerprint density at radius 1 is 1.19 bits per heavy atom. The van der Waals surface area contributed by atoms with Crippen LogP contribution >= 0.6 is 0 Å². The van der Waals surface area contributed by atoms with Crippen molar-refractivity contribution >= 4 is 0 Å². The Labute approximate surface area is 101 Å². The number of hydrogen-bond donors (Lipinski definition) is 1. The third kappa shape index (κ3) is 5.31. The summed E-state index contributed by atoms with van der Waals surface area (Å²) in [6.45, 7) is 5.47. The summed E-state index contributed by atoms with van der Waals surface area (Å²) in [7, 11) is 1.78. The molecular formula is C14H29NO. The first-order chi connectivity index (χ1) is 7.74. The van der Waals surface area contributed by atoms with Crippen LogP contribution in [0.4, 0.5) is 0 Å². The third-order valence-corrected chi connectivity index (χ3v) is 4.06. The van der Waals surface area contributed by atoms with E-state index in [1.54, 1.807) is 7.11 Å². The van der Waals surface area contributed by atoms with Gasteiger partial charge in [-0.25, -0.2) is 0 Å². The van der Waals surface area contributed by atoms with Crippen molar-refractivity contribution in [2.75, 3.05) is 13.7 Å². The summed E-state index contributed by atoms with van der Waals surface area (Å²) in [5, 5.41) is 3.55. The van der Waals surface area contributed by atoms with E-state index in [2.05, 4.69) is 19.2 Å². The first-order valence-corrected chi connectivity index (χ1v) is 7.00. The first-order valence-electron chi connectivity index (χ1n) is 7.00. The predicted octanol–water partition coefficient (Wildman–Crippen LogP) is 3.36. The van der Waals surface area contributed by atoms with Gasteiger partial charge in [0.15, 0.2) is 0 Å². The van der Waals surface area contributed by atoms with Gasteiger partial charge in [0, 0.05) is 13.2 Å². The molecule has 0 bridgehead atoms. The van der Waals surface area contributed by atoms with Crippen LogP contribution in [0.1, 0.15) is 58.8 Å². The monoisotopic (exact) mass is 227 g/mol. The molecule has 1 aliphatic carbocycles. The van der Waals surface area contributed by atoms with Gasteiger partial charge in [0.2, 0.25) is 0 Å². The van der Waals surface area contributed by atoms with Gasteiger partial charge in [0.25, 0.3) is 0 Å². The molecule has 2 heteroatoms. The van der Waals surface area contributed by atoms with Crippen LogP contribution in [-0.4, -0.2) is 25.8 Å². The fourth-order valence-corrected chi connectivity index (χ4v) is 2.57. The van der Waals surface area contributed by atoms with Gasteiger partial charge in [0.05, 0.1) is 6.10 Å². The van der Waals surface area contributed by atoms with Crippen molar-refractivity contribution in [2.24, 2.45) is 5.92 Å². The fourth-order valence-electron chi connectivity index (χ4n) is 2.57. The molecule has 1 aliphatic rings. The molecule has 0 aliphatic heterocycles. The smallest absolute Gasteiger partial charge is 0.0693 e. The van der Waals surface area contributed by atoms with Crippen LogP contribution in [0.25, 0.3) is 0 Å². The largest absolute Gasteiger partial charge is 0.380 e. The Hall–Kier alpha value is -0.0800. The van der Waals surface area contributed by atoms with Gasteiger partial charge < -0.3 is 10.1 Å². The van der Waals surface area contributed by atoms with Crippen molar-refractivity contribution in [2.45, 2.75) is 70.9 Å². The summed E-state index contributed by atoms with van der Waals surface area (Å²) in [5.74, 6) is 1.02. The Morgan fingerprint density at radius 2 is 1.88 bits per heavy atom. The SMILES string of the molecule is COC(C)C(C)NCCCC1CCCCC1. The van der Waals surface area contributed by atoms with Crippen LogP contribution in [0.2, 0.25) is 0 Å². The van der Waals surface area contributed by atoms with Crippen molar-refractivity contribution in [3.63, 3.8) is 0 Å². The normalized spacial score (nSPS) is 21.9. The van der Waals surface area contributed by atoms with E-state index in [9.17, 15) is 0 Å². The van der Waals surface area contributed by atoms with Gasteiger partial charge in [-0.3, -0.25) is 0 Å². The van der Waals surface area contributed by atoms with Gasteiger partial charge in [-0.15, -0.1) is 0 Å². The maximum Gasteiger partial charge on any atom is 0.0693 e. The molecule has 0 aromatic heterocycles. The quantitative estimate of drug-likeness (QED) is 0.673. The number of hydrogen-bond acceptors (Lipinski definition) is 2. The van der Waals surface area contributed by atoms with Crippen LogP contribution in [0, 0.1) is 5.92 Å². The van der Waals surface area contributed by atoms with Crippen molar-refractivity contribution in [3.8, 4) is 0 Å². The van der Waals surface area contributed by atoms with Crippen LogP contribution < -0.4 is 5.32 Å². The van der Waals surface area contributed by atoms with E-state index >= 15 is 0 Å². The number of nitrogens with one attached hydrogen (secondary N) is 1. The third-order valence-electron chi connectivity index (χ3n) is 4.06. The summed E-state index contributed by atoms with van der Waals surface area (Å²) >= 11 is 0. The van der Waals surface area contributed by atoms with Crippen LogP contribution in [-0.2, 0) is 4.74 Å². The van der Waals surface area contributed by atoms with E-state index in [1.165, 1.54) is 44.9 Å². The molecule has 0 heterocycles. The Kier molecular flexibility index (Phi) is 7.06. The van der Waals surface area contributed by atoms with Crippen LogP contribution in [0.5, 0.6) is 0 Å². The number of methoxy groups -OCH3 is 1. The Morgan fingerprint density at radius 3 is 2.50 bits per heavy atom. The zero-order valence-corrected chi connectivity index (χ0v) is 11.3. The van der Waals surface area contributed by atoms with Gasteiger partial charge in [-0.05, 0) is 39.2 Å². The topological polar surface area (TPSA) is 21.3 Å².